The van der Waals surface area contributed by atoms with Crippen LogP contribution < -0.4 is 0 Å². The molecule has 0 bridgehead atoms. The summed E-state index contributed by atoms with van der Waals surface area (Å²) in [6.07, 6.45) is 2.89. The van der Waals surface area contributed by atoms with Gasteiger partial charge in [0, 0.05) is 5.02 Å². The highest BCUT2D eigenvalue weighted by atomic mass is 35.5. The molecule has 14 heavy (non-hydrogen) atoms. The molecule has 0 heterocycles. The third-order valence-electron chi connectivity index (χ3n) is 3.15. The Hall–Kier alpha value is -0.530. The van der Waals surface area contributed by atoms with Crippen LogP contribution in [0.2, 0.25) is 5.02 Å². The minimum atomic E-state index is -0.569. The summed E-state index contributed by atoms with van der Waals surface area (Å²) in [6.45, 7) is 3.97. The van der Waals surface area contributed by atoms with E-state index in [9.17, 15) is 5.11 Å². The average Bonchev–Trinajstić information content (AvgIpc) is 2.09. The molecule has 1 fully saturated rings. The lowest BCUT2D eigenvalue weighted by Crippen LogP contribution is -2.33. The highest BCUT2D eigenvalue weighted by Crippen LogP contribution is 2.42. The highest BCUT2D eigenvalue weighted by Gasteiger charge is 2.36. The van der Waals surface area contributed by atoms with Crippen LogP contribution in [0.3, 0.4) is 0 Å². The lowest BCUT2D eigenvalue weighted by molar-refractivity contribution is -0.0388. The van der Waals surface area contributed by atoms with Crippen molar-refractivity contribution in [3.8, 4) is 0 Å². The van der Waals surface area contributed by atoms with Gasteiger partial charge in [0.05, 0.1) is 5.60 Å². The molecule has 0 atom stereocenters. The van der Waals surface area contributed by atoms with Crippen LogP contribution in [0.1, 0.15) is 36.0 Å². The van der Waals surface area contributed by atoms with Gasteiger partial charge in [-0.15, -0.1) is 0 Å². The molecule has 0 unspecified atom stereocenters. The largest absolute Gasteiger partial charge is 0.385 e. The Labute approximate surface area is 89.7 Å². The van der Waals surface area contributed by atoms with Crippen LogP contribution in [-0.2, 0) is 5.60 Å². The van der Waals surface area contributed by atoms with Crippen LogP contribution in [0.5, 0.6) is 0 Å². The van der Waals surface area contributed by atoms with E-state index in [1.165, 1.54) is 0 Å². The molecular weight excluding hydrogens is 196 g/mol. The minimum Gasteiger partial charge on any atom is -0.385 e. The molecular formula is C12H15ClO. The Balaban J connectivity index is 2.45. The predicted molar refractivity (Wildman–Crippen MR) is 58.7 cm³/mol. The van der Waals surface area contributed by atoms with E-state index >= 15 is 0 Å². The molecule has 76 valence electrons. The first-order valence-electron chi connectivity index (χ1n) is 5.02. The second kappa shape index (κ2) is 3.25. The summed E-state index contributed by atoms with van der Waals surface area (Å²) in [5, 5.41) is 11.0. The highest BCUT2D eigenvalue weighted by molar-refractivity contribution is 6.32. The molecule has 0 amide bonds. The molecule has 1 aliphatic carbocycles. The smallest absolute Gasteiger partial charge is 0.0896 e. The van der Waals surface area contributed by atoms with E-state index < -0.39 is 5.60 Å². The fraction of sp³-hybridized carbons (Fsp3) is 0.500. The number of hydrogen-bond donors (Lipinski definition) is 1. The lowest BCUT2D eigenvalue weighted by atomic mass is 9.74. The normalized spacial score (nSPS) is 19.1. The number of rotatable bonds is 1. The van der Waals surface area contributed by atoms with Gasteiger partial charge in [0.25, 0.3) is 0 Å². The Morgan fingerprint density at radius 2 is 1.71 bits per heavy atom. The van der Waals surface area contributed by atoms with Crippen molar-refractivity contribution in [1.29, 1.82) is 0 Å². The van der Waals surface area contributed by atoms with Crippen LogP contribution in [0.15, 0.2) is 12.1 Å². The van der Waals surface area contributed by atoms with Crippen LogP contribution in [-0.4, -0.2) is 5.11 Å². The van der Waals surface area contributed by atoms with Crippen LogP contribution >= 0.6 is 11.6 Å². The molecule has 1 aromatic carbocycles. The number of aliphatic hydroxyl groups is 1. The number of aryl methyl sites for hydroxylation is 2. The van der Waals surface area contributed by atoms with Crippen molar-refractivity contribution in [2.45, 2.75) is 38.7 Å². The predicted octanol–water partition coefficient (Wildman–Crippen LogP) is 3.33. The zero-order chi connectivity index (χ0) is 10.3. The lowest BCUT2D eigenvalue weighted by Gasteiger charge is -2.37. The number of benzene rings is 1. The standard InChI is InChI=1S/C12H15ClO/c1-8-6-10(7-9(2)11(8)13)12(14)4-3-5-12/h6-7,14H,3-5H2,1-2H3. The van der Waals surface area contributed by atoms with Crippen molar-refractivity contribution in [3.05, 3.63) is 33.8 Å². The molecule has 0 saturated heterocycles. The molecule has 0 aromatic heterocycles. The van der Waals surface area contributed by atoms with Crippen molar-refractivity contribution in [2.75, 3.05) is 0 Å². The Morgan fingerprint density at radius 3 is 2.07 bits per heavy atom. The van der Waals surface area contributed by atoms with Gasteiger partial charge in [-0.05, 0) is 49.8 Å². The van der Waals surface area contributed by atoms with Gasteiger partial charge in [-0.3, -0.25) is 0 Å². The van der Waals surface area contributed by atoms with Gasteiger partial charge in [0.1, 0.15) is 0 Å². The number of hydrogen-bond acceptors (Lipinski definition) is 1. The third kappa shape index (κ3) is 1.45. The number of halogens is 1. The molecule has 0 spiro atoms. The summed E-state index contributed by atoms with van der Waals surface area (Å²) in [7, 11) is 0. The van der Waals surface area contributed by atoms with E-state index in [1.807, 2.05) is 26.0 Å². The molecule has 1 nitrogen and oxygen atoms in total. The van der Waals surface area contributed by atoms with Crippen LogP contribution in [0.4, 0.5) is 0 Å². The Kier molecular flexibility index (Phi) is 2.32. The molecule has 1 aliphatic rings. The van der Waals surface area contributed by atoms with Crippen molar-refractivity contribution in [2.24, 2.45) is 0 Å². The minimum absolute atomic E-state index is 0.569. The van der Waals surface area contributed by atoms with E-state index in [0.29, 0.717) is 0 Å². The summed E-state index contributed by atoms with van der Waals surface area (Å²) < 4.78 is 0. The molecule has 0 radical (unpaired) electrons. The SMILES string of the molecule is Cc1cc(C2(O)CCC2)cc(C)c1Cl. The third-order valence-corrected chi connectivity index (χ3v) is 3.75. The molecule has 1 N–H and O–H groups in total. The van der Waals surface area contributed by atoms with E-state index in [4.69, 9.17) is 11.6 Å². The van der Waals surface area contributed by atoms with Gasteiger partial charge in [0.15, 0.2) is 0 Å². The molecule has 2 rings (SSSR count). The topological polar surface area (TPSA) is 20.2 Å². The second-order valence-electron chi connectivity index (χ2n) is 4.31. The first-order chi connectivity index (χ1) is 6.53. The van der Waals surface area contributed by atoms with Gasteiger partial charge in [0.2, 0.25) is 0 Å². The molecule has 1 saturated carbocycles. The zero-order valence-corrected chi connectivity index (χ0v) is 9.36. The van der Waals surface area contributed by atoms with E-state index in [2.05, 4.69) is 0 Å². The van der Waals surface area contributed by atoms with Gasteiger partial charge in [-0.1, -0.05) is 23.7 Å². The maximum absolute atomic E-state index is 10.2. The summed E-state index contributed by atoms with van der Waals surface area (Å²) in [5.41, 5.74) is 2.58. The van der Waals surface area contributed by atoms with Crippen molar-refractivity contribution < 1.29 is 5.11 Å². The van der Waals surface area contributed by atoms with E-state index in [0.717, 1.165) is 41.0 Å². The fourth-order valence-corrected chi connectivity index (χ4v) is 2.12. The van der Waals surface area contributed by atoms with Crippen LogP contribution in [0, 0.1) is 13.8 Å². The summed E-state index contributed by atoms with van der Waals surface area (Å²) >= 11 is 6.08. The van der Waals surface area contributed by atoms with Gasteiger partial charge >= 0.3 is 0 Å². The fourth-order valence-electron chi connectivity index (χ4n) is 2.01. The summed E-state index contributed by atoms with van der Waals surface area (Å²) in [5.74, 6) is 0. The maximum atomic E-state index is 10.2. The first-order valence-corrected chi connectivity index (χ1v) is 5.40. The Bertz CT molecular complexity index is 344. The van der Waals surface area contributed by atoms with Crippen molar-refractivity contribution >= 4 is 11.6 Å². The maximum Gasteiger partial charge on any atom is 0.0896 e. The van der Waals surface area contributed by atoms with E-state index in [-0.39, 0.29) is 0 Å². The van der Waals surface area contributed by atoms with Crippen LogP contribution in [0.25, 0.3) is 0 Å². The zero-order valence-electron chi connectivity index (χ0n) is 8.60. The monoisotopic (exact) mass is 210 g/mol. The molecule has 1 aromatic rings. The van der Waals surface area contributed by atoms with E-state index in [1.54, 1.807) is 0 Å². The molecule has 0 aliphatic heterocycles. The summed E-state index contributed by atoms with van der Waals surface area (Å²) in [6, 6.07) is 4.02. The van der Waals surface area contributed by atoms with Gasteiger partial charge in [-0.25, -0.2) is 0 Å². The Morgan fingerprint density at radius 1 is 1.21 bits per heavy atom. The quantitative estimate of drug-likeness (QED) is 0.754. The summed E-state index contributed by atoms with van der Waals surface area (Å²) in [4.78, 5) is 0. The second-order valence-corrected chi connectivity index (χ2v) is 4.69. The van der Waals surface area contributed by atoms with Gasteiger partial charge < -0.3 is 5.11 Å². The average molecular weight is 211 g/mol. The van der Waals surface area contributed by atoms with Crippen molar-refractivity contribution in [1.82, 2.24) is 0 Å². The van der Waals surface area contributed by atoms with Crippen molar-refractivity contribution in [3.63, 3.8) is 0 Å². The first kappa shape index (κ1) is 10.0. The molecule has 2 heteroatoms. The van der Waals surface area contributed by atoms with Gasteiger partial charge in [-0.2, -0.15) is 0 Å².